The molecule has 142 valence electrons. The number of para-hydroxylation sites is 2. The van der Waals surface area contributed by atoms with Crippen LogP contribution >= 0.6 is 23.2 Å². The number of halogens is 2. The third-order valence-corrected chi connectivity index (χ3v) is 5.75. The first-order chi connectivity index (χ1) is 14.0. The Bertz CT molecular complexity index is 1420. The summed E-state index contributed by atoms with van der Waals surface area (Å²) in [6.45, 7) is 2.54. The van der Waals surface area contributed by atoms with Gasteiger partial charge < -0.3 is 4.57 Å². The molecule has 5 rings (SSSR count). The second-order valence-electron chi connectivity index (χ2n) is 6.64. The smallest absolute Gasteiger partial charge is 0.283 e. The van der Waals surface area contributed by atoms with Crippen molar-refractivity contribution in [2.75, 3.05) is 4.90 Å². The van der Waals surface area contributed by atoms with Crippen LogP contribution in [0.15, 0.2) is 42.5 Å². The number of aromatic nitrogens is 2. The Kier molecular flexibility index (Phi) is 3.75. The highest BCUT2D eigenvalue weighted by Gasteiger charge is 2.44. The Morgan fingerprint density at radius 2 is 1.76 bits per heavy atom. The van der Waals surface area contributed by atoms with Crippen molar-refractivity contribution >= 4 is 57.4 Å². The third-order valence-electron chi connectivity index (χ3n) is 5.22. The molecule has 6 nitrogen and oxygen atoms in total. The van der Waals surface area contributed by atoms with Gasteiger partial charge in [-0.3, -0.25) is 14.0 Å². The zero-order valence-electron chi connectivity index (χ0n) is 15.1. The molecule has 0 fully saturated rings. The summed E-state index contributed by atoms with van der Waals surface area (Å²) in [5, 5.41) is 10.5. The molecular formula is C21H12Cl2N4O2. The summed E-state index contributed by atoms with van der Waals surface area (Å²) in [5.41, 5.74) is 2.88. The van der Waals surface area contributed by atoms with Gasteiger partial charge in [0.25, 0.3) is 11.8 Å². The maximum absolute atomic E-state index is 13.4. The lowest BCUT2D eigenvalue weighted by molar-refractivity contribution is 0.0923. The number of hydrogen-bond donors (Lipinski definition) is 0. The fourth-order valence-corrected chi connectivity index (χ4v) is 4.57. The van der Waals surface area contributed by atoms with E-state index in [4.69, 9.17) is 23.2 Å². The number of imidazole rings is 1. The second-order valence-corrected chi connectivity index (χ2v) is 7.49. The lowest BCUT2D eigenvalue weighted by Crippen LogP contribution is -2.30. The van der Waals surface area contributed by atoms with Gasteiger partial charge in [-0.2, -0.15) is 5.26 Å². The van der Waals surface area contributed by atoms with Crippen LogP contribution in [0, 0.1) is 11.3 Å². The summed E-state index contributed by atoms with van der Waals surface area (Å²) in [5.74, 6) is -1.09. The fraction of sp³-hybridized carbons (Fsp3) is 0.0952. The van der Waals surface area contributed by atoms with Crippen LogP contribution in [0.1, 0.15) is 33.3 Å². The maximum atomic E-state index is 13.4. The van der Waals surface area contributed by atoms with Gasteiger partial charge in [-0.1, -0.05) is 35.3 Å². The van der Waals surface area contributed by atoms with Gasteiger partial charge in [0.2, 0.25) is 0 Å². The number of nitrogens with zero attached hydrogens (tertiary/aromatic N) is 4. The summed E-state index contributed by atoms with van der Waals surface area (Å²) in [6, 6.07) is 14.2. The highest BCUT2D eigenvalue weighted by atomic mass is 35.5. The van der Waals surface area contributed by atoms with Crippen LogP contribution in [0.4, 0.5) is 5.69 Å². The van der Waals surface area contributed by atoms with E-state index in [9.17, 15) is 14.9 Å². The molecule has 0 spiro atoms. The van der Waals surface area contributed by atoms with E-state index < -0.39 is 11.8 Å². The van der Waals surface area contributed by atoms with Gasteiger partial charge in [0.05, 0.1) is 27.3 Å². The van der Waals surface area contributed by atoms with E-state index in [1.165, 1.54) is 12.1 Å². The average Bonchev–Trinajstić information content (AvgIpc) is 3.29. The first-order valence-corrected chi connectivity index (χ1v) is 9.64. The largest absolute Gasteiger partial charge is 0.325 e. The van der Waals surface area contributed by atoms with Crippen LogP contribution in [-0.2, 0) is 6.54 Å². The molecule has 3 heterocycles. The van der Waals surface area contributed by atoms with Crippen molar-refractivity contribution < 1.29 is 9.59 Å². The number of benzene rings is 2. The van der Waals surface area contributed by atoms with Gasteiger partial charge in [0.1, 0.15) is 23.0 Å². The van der Waals surface area contributed by atoms with Crippen LogP contribution < -0.4 is 4.90 Å². The lowest BCUT2D eigenvalue weighted by atomic mass is 10.1. The van der Waals surface area contributed by atoms with E-state index in [2.05, 4.69) is 6.07 Å². The highest BCUT2D eigenvalue weighted by molar-refractivity contribution is 6.41. The Labute approximate surface area is 175 Å². The van der Waals surface area contributed by atoms with Crippen molar-refractivity contribution in [2.45, 2.75) is 13.5 Å². The first-order valence-electron chi connectivity index (χ1n) is 8.89. The molecule has 0 saturated heterocycles. The zero-order valence-corrected chi connectivity index (χ0v) is 16.6. The molecule has 2 amide bonds. The van der Waals surface area contributed by atoms with E-state index >= 15 is 0 Å². The Balaban J connectivity index is 1.87. The van der Waals surface area contributed by atoms with Crippen LogP contribution in [0.2, 0.25) is 10.0 Å². The van der Waals surface area contributed by atoms with Crippen LogP contribution in [0.3, 0.4) is 0 Å². The molecule has 1 aliphatic heterocycles. The summed E-state index contributed by atoms with van der Waals surface area (Å²) < 4.78 is 3.64. The molecular weight excluding hydrogens is 411 g/mol. The number of imide groups is 1. The van der Waals surface area contributed by atoms with Crippen molar-refractivity contribution in [3.05, 3.63) is 69.3 Å². The molecule has 2 aromatic heterocycles. The molecule has 8 heteroatoms. The molecule has 4 aromatic rings. The Morgan fingerprint density at radius 3 is 2.41 bits per heavy atom. The van der Waals surface area contributed by atoms with Gasteiger partial charge in [-0.05, 0) is 37.3 Å². The van der Waals surface area contributed by atoms with E-state index in [0.29, 0.717) is 17.2 Å². The predicted molar refractivity (Wildman–Crippen MR) is 111 cm³/mol. The van der Waals surface area contributed by atoms with Crippen molar-refractivity contribution in [3.63, 3.8) is 0 Å². The minimum atomic E-state index is -0.568. The number of hydrogen-bond acceptors (Lipinski definition) is 3. The summed E-state index contributed by atoms with van der Waals surface area (Å²) in [6.07, 6.45) is 0. The minimum Gasteiger partial charge on any atom is -0.325 e. The summed E-state index contributed by atoms with van der Waals surface area (Å²) >= 11 is 12.2. The number of amides is 2. The monoisotopic (exact) mass is 422 g/mol. The molecule has 0 saturated carbocycles. The van der Waals surface area contributed by atoms with Gasteiger partial charge in [0.15, 0.2) is 0 Å². The summed E-state index contributed by atoms with van der Waals surface area (Å²) in [7, 11) is 0. The Hall–Kier alpha value is -3.27. The predicted octanol–water partition coefficient (Wildman–Crippen LogP) is 4.89. The molecule has 0 unspecified atom stereocenters. The maximum Gasteiger partial charge on any atom is 0.283 e. The normalized spacial score (nSPS) is 13.5. The number of fused-ring (bicyclic) bond motifs is 5. The quantitative estimate of drug-likeness (QED) is 0.431. The SMILES string of the molecule is CCn1c2ccccc2n2c3c(c(C#N)c12)C(=O)N(c1ccc(Cl)cc1Cl)C3=O. The van der Waals surface area contributed by atoms with Crippen molar-refractivity contribution in [1.82, 2.24) is 8.97 Å². The molecule has 0 N–H and O–H groups in total. The minimum absolute atomic E-state index is 0.103. The number of aryl methyl sites for hydroxylation is 1. The number of anilines is 1. The molecule has 0 bridgehead atoms. The van der Waals surface area contributed by atoms with Crippen molar-refractivity contribution in [1.29, 1.82) is 5.26 Å². The molecule has 0 aliphatic carbocycles. The van der Waals surface area contributed by atoms with Gasteiger partial charge >= 0.3 is 0 Å². The van der Waals surface area contributed by atoms with Crippen molar-refractivity contribution in [2.24, 2.45) is 0 Å². The standard InChI is InChI=1S/C21H12Cl2N4O2/c1-2-25-15-5-3-4-6-16(15)26-18-17(12(10-24)19(25)26)20(28)27(21(18)29)14-8-7-11(22)9-13(14)23/h3-9H,2H2,1H3. The third kappa shape index (κ3) is 2.17. The van der Waals surface area contributed by atoms with E-state index in [1.807, 2.05) is 35.8 Å². The fourth-order valence-electron chi connectivity index (χ4n) is 4.07. The average molecular weight is 423 g/mol. The molecule has 2 aromatic carbocycles. The summed E-state index contributed by atoms with van der Waals surface area (Å²) in [4.78, 5) is 27.7. The molecule has 1 aliphatic rings. The van der Waals surface area contributed by atoms with Gasteiger partial charge in [-0.25, -0.2) is 4.90 Å². The van der Waals surface area contributed by atoms with Gasteiger partial charge in [-0.15, -0.1) is 0 Å². The second kappa shape index (κ2) is 6.11. The van der Waals surface area contributed by atoms with E-state index in [1.54, 1.807) is 10.5 Å². The number of rotatable bonds is 2. The zero-order chi connectivity index (χ0) is 20.4. The molecule has 29 heavy (non-hydrogen) atoms. The van der Waals surface area contributed by atoms with E-state index in [-0.39, 0.29) is 27.5 Å². The number of carbonyl (C=O) groups excluding carboxylic acids is 2. The molecule has 0 atom stereocenters. The number of carbonyl (C=O) groups is 2. The number of nitriles is 1. The first kappa shape index (κ1) is 17.8. The van der Waals surface area contributed by atoms with Crippen LogP contribution in [0.5, 0.6) is 0 Å². The van der Waals surface area contributed by atoms with Crippen LogP contribution in [-0.4, -0.2) is 20.8 Å². The molecule has 0 radical (unpaired) electrons. The highest BCUT2D eigenvalue weighted by Crippen LogP contribution is 2.39. The van der Waals surface area contributed by atoms with Crippen LogP contribution in [0.25, 0.3) is 16.7 Å². The van der Waals surface area contributed by atoms with Gasteiger partial charge in [0, 0.05) is 11.6 Å². The van der Waals surface area contributed by atoms with E-state index in [0.717, 1.165) is 15.9 Å². The Morgan fingerprint density at radius 1 is 1.03 bits per heavy atom. The van der Waals surface area contributed by atoms with Crippen molar-refractivity contribution in [3.8, 4) is 6.07 Å². The topological polar surface area (TPSA) is 70.5 Å². The lowest BCUT2D eigenvalue weighted by Gasteiger charge is -2.16.